The fourth-order valence-corrected chi connectivity index (χ4v) is 3.35. The average molecular weight is 404 g/mol. The van der Waals surface area contributed by atoms with Crippen molar-refractivity contribution < 1.29 is 18.3 Å². The molecule has 0 radical (unpaired) electrons. The fourth-order valence-electron chi connectivity index (χ4n) is 3.35. The molecule has 1 saturated heterocycles. The summed E-state index contributed by atoms with van der Waals surface area (Å²) in [6, 6.07) is 12.4. The smallest absolute Gasteiger partial charge is 0.387 e. The molecule has 156 valence electrons. The zero-order valence-electron chi connectivity index (χ0n) is 16.2. The molecule has 1 aromatic carbocycles. The summed E-state index contributed by atoms with van der Waals surface area (Å²) in [5, 5.41) is 5.88. The van der Waals surface area contributed by atoms with Crippen molar-refractivity contribution >= 4 is 6.03 Å². The third-order valence-corrected chi connectivity index (χ3v) is 4.88. The molecule has 6 nitrogen and oxygen atoms in total. The van der Waals surface area contributed by atoms with Gasteiger partial charge in [-0.1, -0.05) is 18.2 Å². The molecule has 0 saturated carbocycles. The van der Waals surface area contributed by atoms with Gasteiger partial charge in [-0.05, 0) is 49.1 Å². The molecular weight excluding hydrogens is 378 g/mol. The lowest BCUT2D eigenvalue weighted by molar-refractivity contribution is -0.0498. The van der Waals surface area contributed by atoms with E-state index < -0.39 is 6.61 Å². The summed E-state index contributed by atoms with van der Waals surface area (Å²) in [4.78, 5) is 18.8. The Morgan fingerprint density at radius 1 is 1.17 bits per heavy atom. The molecule has 29 heavy (non-hydrogen) atoms. The monoisotopic (exact) mass is 404 g/mol. The van der Waals surface area contributed by atoms with E-state index >= 15 is 0 Å². The van der Waals surface area contributed by atoms with Crippen molar-refractivity contribution in [2.45, 2.75) is 38.5 Å². The number of urea groups is 1. The number of hydrogen-bond acceptors (Lipinski definition) is 4. The molecule has 2 amide bonds. The zero-order valence-corrected chi connectivity index (χ0v) is 16.2. The third kappa shape index (κ3) is 7.30. The molecule has 0 aliphatic carbocycles. The molecular formula is C21H26F2N4O2. The number of benzene rings is 1. The molecule has 0 atom stereocenters. The van der Waals surface area contributed by atoms with Crippen LogP contribution >= 0.6 is 0 Å². The Balaban J connectivity index is 1.31. The van der Waals surface area contributed by atoms with E-state index in [1.54, 1.807) is 18.3 Å². The molecule has 1 fully saturated rings. The highest BCUT2D eigenvalue weighted by Crippen LogP contribution is 2.15. The number of halogens is 2. The number of nitrogens with one attached hydrogen (secondary N) is 2. The van der Waals surface area contributed by atoms with Crippen LogP contribution in [0.15, 0.2) is 48.7 Å². The number of rotatable bonds is 8. The van der Waals surface area contributed by atoms with Gasteiger partial charge in [-0.15, -0.1) is 0 Å². The van der Waals surface area contributed by atoms with Crippen molar-refractivity contribution in [3.05, 3.63) is 59.9 Å². The van der Waals surface area contributed by atoms with Gasteiger partial charge >= 0.3 is 12.6 Å². The van der Waals surface area contributed by atoms with Gasteiger partial charge in [-0.3, -0.25) is 9.88 Å². The minimum atomic E-state index is -2.83. The Labute approximate surface area is 169 Å². The van der Waals surface area contributed by atoms with E-state index in [1.165, 1.54) is 12.1 Å². The van der Waals surface area contributed by atoms with Crippen LogP contribution in [0, 0.1) is 0 Å². The van der Waals surface area contributed by atoms with Crippen LogP contribution < -0.4 is 15.4 Å². The molecule has 0 unspecified atom stereocenters. The van der Waals surface area contributed by atoms with Crippen molar-refractivity contribution in [2.75, 3.05) is 19.6 Å². The van der Waals surface area contributed by atoms with Gasteiger partial charge in [0, 0.05) is 38.4 Å². The van der Waals surface area contributed by atoms with Crippen LogP contribution in [0.5, 0.6) is 5.75 Å². The first-order valence-electron chi connectivity index (χ1n) is 9.79. The van der Waals surface area contributed by atoms with Crippen molar-refractivity contribution in [3.8, 4) is 5.75 Å². The number of carbonyl (C=O) groups excluding carboxylic acids is 1. The molecule has 0 bridgehead atoms. The SMILES string of the molecule is O=C(NCCc1ccc(OC(F)F)cc1)NC1CCN(Cc2ccccn2)CC1. The highest BCUT2D eigenvalue weighted by Gasteiger charge is 2.20. The first-order chi connectivity index (χ1) is 14.1. The van der Waals surface area contributed by atoms with Gasteiger partial charge in [0.25, 0.3) is 0 Å². The van der Waals surface area contributed by atoms with Gasteiger partial charge in [-0.25, -0.2) is 4.79 Å². The Morgan fingerprint density at radius 2 is 1.93 bits per heavy atom. The topological polar surface area (TPSA) is 66.5 Å². The summed E-state index contributed by atoms with van der Waals surface area (Å²) in [5.74, 6) is 0.129. The normalized spacial score (nSPS) is 15.3. The predicted octanol–water partition coefficient (Wildman–Crippen LogP) is 3.19. The van der Waals surface area contributed by atoms with Gasteiger partial charge in [0.15, 0.2) is 0 Å². The first kappa shape index (κ1) is 21.0. The van der Waals surface area contributed by atoms with Crippen LogP contribution in [0.2, 0.25) is 0 Å². The number of ether oxygens (including phenoxy) is 1. The summed E-state index contributed by atoms with van der Waals surface area (Å²) in [6.45, 7) is 0.330. The Bertz CT molecular complexity index is 751. The van der Waals surface area contributed by atoms with Crippen molar-refractivity contribution in [1.82, 2.24) is 20.5 Å². The molecule has 2 N–H and O–H groups in total. The second-order valence-corrected chi connectivity index (χ2v) is 7.04. The van der Waals surface area contributed by atoms with E-state index in [9.17, 15) is 13.6 Å². The van der Waals surface area contributed by atoms with Gasteiger partial charge in [0.05, 0.1) is 5.69 Å². The highest BCUT2D eigenvalue weighted by atomic mass is 19.3. The first-order valence-corrected chi connectivity index (χ1v) is 9.79. The van der Waals surface area contributed by atoms with E-state index in [0.29, 0.717) is 13.0 Å². The van der Waals surface area contributed by atoms with Crippen LogP contribution in [0.4, 0.5) is 13.6 Å². The van der Waals surface area contributed by atoms with Crippen LogP contribution in [-0.4, -0.2) is 48.2 Å². The quantitative estimate of drug-likeness (QED) is 0.709. The fraction of sp³-hybridized carbons (Fsp3) is 0.429. The van der Waals surface area contributed by atoms with Crippen molar-refractivity contribution in [3.63, 3.8) is 0 Å². The second-order valence-electron chi connectivity index (χ2n) is 7.04. The van der Waals surface area contributed by atoms with Crippen LogP contribution in [0.3, 0.4) is 0 Å². The number of nitrogens with zero attached hydrogens (tertiary/aromatic N) is 2. The zero-order chi connectivity index (χ0) is 20.5. The number of piperidine rings is 1. The molecule has 3 rings (SSSR count). The molecule has 8 heteroatoms. The van der Waals surface area contributed by atoms with Crippen LogP contribution in [0.25, 0.3) is 0 Å². The van der Waals surface area contributed by atoms with Crippen molar-refractivity contribution in [2.24, 2.45) is 0 Å². The largest absolute Gasteiger partial charge is 0.435 e. The van der Waals surface area contributed by atoms with Crippen molar-refractivity contribution in [1.29, 1.82) is 0 Å². The second kappa shape index (κ2) is 10.7. The number of hydrogen-bond donors (Lipinski definition) is 2. The Morgan fingerprint density at radius 3 is 2.59 bits per heavy atom. The summed E-state index contributed by atoms with van der Waals surface area (Å²) in [7, 11) is 0. The summed E-state index contributed by atoms with van der Waals surface area (Å²) < 4.78 is 28.6. The molecule has 1 aliphatic rings. The maximum Gasteiger partial charge on any atom is 0.387 e. The van der Waals surface area contributed by atoms with E-state index in [-0.39, 0.29) is 17.8 Å². The summed E-state index contributed by atoms with van der Waals surface area (Å²) in [5.41, 5.74) is 2.00. The van der Waals surface area contributed by atoms with Gasteiger partial charge in [0.1, 0.15) is 5.75 Å². The number of amides is 2. The minimum absolute atomic E-state index is 0.129. The van der Waals surface area contributed by atoms with Crippen LogP contribution in [-0.2, 0) is 13.0 Å². The number of pyridine rings is 1. The van der Waals surface area contributed by atoms with E-state index in [1.807, 2.05) is 18.2 Å². The number of likely N-dealkylation sites (tertiary alicyclic amines) is 1. The number of alkyl halides is 2. The van der Waals surface area contributed by atoms with E-state index in [4.69, 9.17) is 0 Å². The maximum atomic E-state index is 12.1. The van der Waals surface area contributed by atoms with E-state index in [0.717, 1.165) is 43.7 Å². The van der Waals surface area contributed by atoms with Gasteiger partial charge < -0.3 is 15.4 Å². The summed E-state index contributed by atoms with van der Waals surface area (Å²) >= 11 is 0. The van der Waals surface area contributed by atoms with Crippen LogP contribution in [0.1, 0.15) is 24.1 Å². The lowest BCUT2D eigenvalue weighted by Gasteiger charge is -2.32. The molecule has 2 heterocycles. The highest BCUT2D eigenvalue weighted by molar-refractivity contribution is 5.74. The Hall–Kier alpha value is -2.74. The predicted molar refractivity (Wildman–Crippen MR) is 106 cm³/mol. The molecule has 1 aliphatic heterocycles. The lowest BCUT2D eigenvalue weighted by Crippen LogP contribution is -2.48. The van der Waals surface area contributed by atoms with E-state index in [2.05, 4.69) is 25.3 Å². The molecule has 1 aromatic heterocycles. The number of aromatic nitrogens is 1. The third-order valence-electron chi connectivity index (χ3n) is 4.88. The van der Waals surface area contributed by atoms with Gasteiger partial charge in [0.2, 0.25) is 0 Å². The molecule has 2 aromatic rings. The lowest BCUT2D eigenvalue weighted by atomic mass is 10.1. The minimum Gasteiger partial charge on any atom is -0.435 e. The average Bonchev–Trinajstić information content (AvgIpc) is 2.71. The Kier molecular flexibility index (Phi) is 7.75. The number of carbonyl (C=O) groups is 1. The maximum absolute atomic E-state index is 12.1. The standard InChI is InChI=1S/C21H26F2N4O2/c22-20(23)29-19-6-4-16(5-7-19)8-12-25-21(28)26-17-9-13-27(14-10-17)15-18-3-1-2-11-24-18/h1-7,11,17,20H,8-10,12-15H2,(H2,25,26,28). The van der Waals surface area contributed by atoms with Gasteiger partial charge in [-0.2, -0.15) is 8.78 Å². The molecule has 0 spiro atoms. The summed E-state index contributed by atoms with van der Waals surface area (Å²) in [6.07, 6.45) is 4.24.